The monoisotopic (exact) mass is 285 g/mol. The lowest BCUT2D eigenvalue weighted by atomic mass is 9.96. The fraction of sp³-hybridized carbons (Fsp3) is 0.588. The maximum Gasteiger partial charge on any atom is 0.254 e. The molecule has 4 nitrogen and oxygen atoms in total. The molecule has 0 aromatic heterocycles. The standard InChI is InChI=1S/C17H23N3O/c21-17(20-11-9-19(10-12-20)13-6-7-13)15-3-1-5-16-14(15)4-2-8-18-16/h1,3,5,13,18H,2,4,6-12H2. The third kappa shape index (κ3) is 2.53. The van der Waals surface area contributed by atoms with Crippen LogP contribution in [0.3, 0.4) is 0 Å². The van der Waals surface area contributed by atoms with Gasteiger partial charge < -0.3 is 10.2 Å². The summed E-state index contributed by atoms with van der Waals surface area (Å²) in [6.07, 6.45) is 4.84. The van der Waals surface area contributed by atoms with Gasteiger partial charge in [0.15, 0.2) is 0 Å². The molecule has 3 aliphatic rings. The molecular weight excluding hydrogens is 262 g/mol. The van der Waals surface area contributed by atoms with E-state index in [9.17, 15) is 4.79 Å². The molecule has 21 heavy (non-hydrogen) atoms. The molecule has 0 radical (unpaired) electrons. The fourth-order valence-electron chi connectivity index (χ4n) is 3.61. The summed E-state index contributed by atoms with van der Waals surface area (Å²) in [5, 5.41) is 3.41. The lowest BCUT2D eigenvalue weighted by Crippen LogP contribution is -2.49. The van der Waals surface area contributed by atoms with Gasteiger partial charge in [0, 0.05) is 50.0 Å². The first-order valence-corrected chi connectivity index (χ1v) is 8.22. The smallest absolute Gasteiger partial charge is 0.254 e. The van der Waals surface area contributed by atoms with Crippen molar-refractivity contribution in [2.24, 2.45) is 0 Å². The number of hydrogen-bond donors (Lipinski definition) is 1. The van der Waals surface area contributed by atoms with Gasteiger partial charge in [-0.2, -0.15) is 0 Å². The third-order valence-corrected chi connectivity index (χ3v) is 4.99. The number of nitrogens with zero attached hydrogens (tertiary/aromatic N) is 2. The van der Waals surface area contributed by atoms with E-state index in [1.54, 1.807) is 0 Å². The maximum absolute atomic E-state index is 12.8. The second kappa shape index (κ2) is 5.34. The molecule has 1 N–H and O–H groups in total. The minimum Gasteiger partial charge on any atom is -0.385 e. The average Bonchev–Trinajstić information content (AvgIpc) is 3.39. The summed E-state index contributed by atoms with van der Waals surface area (Å²) in [5.41, 5.74) is 3.29. The van der Waals surface area contributed by atoms with Crippen molar-refractivity contribution in [1.29, 1.82) is 0 Å². The lowest BCUT2D eigenvalue weighted by Gasteiger charge is -2.35. The number of hydrogen-bond acceptors (Lipinski definition) is 3. The van der Waals surface area contributed by atoms with Crippen LogP contribution >= 0.6 is 0 Å². The Morgan fingerprint density at radius 1 is 1.14 bits per heavy atom. The zero-order valence-corrected chi connectivity index (χ0v) is 12.5. The normalized spacial score (nSPS) is 22.6. The number of fused-ring (bicyclic) bond motifs is 1. The Hall–Kier alpha value is -1.55. The lowest BCUT2D eigenvalue weighted by molar-refractivity contribution is 0.0626. The summed E-state index contributed by atoms with van der Waals surface area (Å²) < 4.78 is 0. The van der Waals surface area contributed by atoms with Gasteiger partial charge in [0.1, 0.15) is 0 Å². The van der Waals surface area contributed by atoms with Crippen LogP contribution in [0.25, 0.3) is 0 Å². The highest BCUT2D eigenvalue weighted by molar-refractivity contribution is 5.97. The van der Waals surface area contributed by atoms with E-state index in [-0.39, 0.29) is 5.91 Å². The van der Waals surface area contributed by atoms with Crippen molar-refractivity contribution in [3.05, 3.63) is 29.3 Å². The van der Waals surface area contributed by atoms with Crippen molar-refractivity contribution >= 4 is 11.6 Å². The van der Waals surface area contributed by atoms with Crippen LogP contribution in [-0.2, 0) is 6.42 Å². The highest BCUT2D eigenvalue weighted by atomic mass is 16.2. The quantitative estimate of drug-likeness (QED) is 0.902. The molecule has 0 unspecified atom stereocenters. The van der Waals surface area contributed by atoms with E-state index in [2.05, 4.69) is 16.3 Å². The zero-order valence-electron chi connectivity index (χ0n) is 12.5. The van der Waals surface area contributed by atoms with Crippen LogP contribution in [0.2, 0.25) is 0 Å². The summed E-state index contributed by atoms with van der Waals surface area (Å²) in [6, 6.07) is 6.92. The Morgan fingerprint density at radius 2 is 1.95 bits per heavy atom. The number of carbonyl (C=O) groups is 1. The molecule has 0 atom stereocenters. The molecule has 1 aromatic rings. The summed E-state index contributed by atoms with van der Waals surface area (Å²) in [4.78, 5) is 17.4. The van der Waals surface area contributed by atoms with Gasteiger partial charge in [0.2, 0.25) is 0 Å². The van der Waals surface area contributed by atoms with E-state index < -0.39 is 0 Å². The van der Waals surface area contributed by atoms with Gasteiger partial charge in [-0.3, -0.25) is 9.69 Å². The van der Waals surface area contributed by atoms with Crippen molar-refractivity contribution in [2.45, 2.75) is 31.7 Å². The van der Waals surface area contributed by atoms with Crippen LogP contribution in [0.4, 0.5) is 5.69 Å². The predicted octanol–water partition coefficient (Wildman–Crippen LogP) is 1.96. The van der Waals surface area contributed by atoms with Gasteiger partial charge >= 0.3 is 0 Å². The number of anilines is 1. The minimum atomic E-state index is 0.228. The number of piperazine rings is 1. The van der Waals surface area contributed by atoms with Gasteiger partial charge in [0.05, 0.1) is 0 Å². The summed E-state index contributed by atoms with van der Waals surface area (Å²) >= 11 is 0. The summed E-state index contributed by atoms with van der Waals surface area (Å²) in [5.74, 6) is 0.228. The number of benzene rings is 1. The Bertz CT molecular complexity index is 545. The molecule has 1 saturated heterocycles. The Morgan fingerprint density at radius 3 is 2.71 bits per heavy atom. The van der Waals surface area contributed by atoms with Crippen molar-refractivity contribution < 1.29 is 4.79 Å². The molecule has 112 valence electrons. The predicted molar refractivity (Wildman–Crippen MR) is 83.8 cm³/mol. The van der Waals surface area contributed by atoms with E-state index in [1.165, 1.54) is 18.4 Å². The molecule has 2 aliphatic heterocycles. The Labute approximate surface area is 126 Å². The largest absolute Gasteiger partial charge is 0.385 e. The van der Waals surface area contributed by atoms with Crippen LogP contribution in [0, 0.1) is 0 Å². The van der Waals surface area contributed by atoms with Crippen molar-refractivity contribution in [3.63, 3.8) is 0 Å². The maximum atomic E-state index is 12.8. The first-order valence-electron chi connectivity index (χ1n) is 8.22. The molecule has 4 heteroatoms. The minimum absolute atomic E-state index is 0.228. The summed E-state index contributed by atoms with van der Waals surface area (Å²) in [7, 11) is 0. The van der Waals surface area contributed by atoms with Crippen LogP contribution < -0.4 is 5.32 Å². The Kier molecular flexibility index (Phi) is 3.34. The van der Waals surface area contributed by atoms with Gasteiger partial charge in [-0.15, -0.1) is 0 Å². The van der Waals surface area contributed by atoms with Gasteiger partial charge in [0.25, 0.3) is 5.91 Å². The molecule has 2 heterocycles. The van der Waals surface area contributed by atoms with E-state index in [4.69, 9.17) is 0 Å². The highest BCUT2D eigenvalue weighted by Crippen LogP contribution is 2.29. The van der Waals surface area contributed by atoms with Crippen LogP contribution in [-0.4, -0.2) is 54.5 Å². The van der Waals surface area contributed by atoms with Crippen LogP contribution in [0.15, 0.2) is 18.2 Å². The molecule has 1 aliphatic carbocycles. The number of rotatable bonds is 2. The van der Waals surface area contributed by atoms with Gasteiger partial charge in [-0.05, 0) is 43.4 Å². The molecule has 0 spiro atoms. The first kappa shape index (κ1) is 13.1. The van der Waals surface area contributed by atoms with Crippen molar-refractivity contribution in [3.8, 4) is 0 Å². The highest BCUT2D eigenvalue weighted by Gasteiger charge is 2.33. The molecule has 2 fully saturated rings. The number of amides is 1. The van der Waals surface area contributed by atoms with Crippen molar-refractivity contribution in [2.75, 3.05) is 38.0 Å². The molecule has 0 bridgehead atoms. The molecular formula is C17H23N3O. The SMILES string of the molecule is O=C(c1cccc2c1CCCN2)N1CCN(C2CC2)CC1. The second-order valence-electron chi connectivity index (χ2n) is 6.42. The average molecular weight is 285 g/mol. The number of carbonyl (C=O) groups excluding carboxylic acids is 1. The third-order valence-electron chi connectivity index (χ3n) is 4.99. The van der Waals surface area contributed by atoms with E-state index in [0.29, 0.717) is 0 Å². The first-order chi connectivity index (χ1) is 10.3. The van der Waals surface area contributed by atoms with E-state index >= 15 is 0 Å². The molecule has 1 amide bonds. The topological polar surface area (TPSA) is 35.6 Å². The molecule has 4 rings (SSSR count). The van der Waals surface area contributed by atoms with E-state index in [0.717, 1.165) is 62.9 Å². The molecule has 1 saturated carbocycles. The number of nitrogens with one attached hydrogen (secondary N) is 1. The van der Waals surface area contributed by atoms with Crippen LogP contribution in [0.5, 0.6) is 0 Å². The zero-order chi connectivity index (χ0) is 14.2. The van der Waals surface area contributed by atoms with Crippen molar-refractivity contribution in [1.82, 2.24) is 9.80 Å². The van der Waals surface area contributed by atoms with Gasteiger partial charge in [-0.25, -0.2) is 0 Å². The molecule has 1 aromatic carbocycles. The van der Waals surface area contributed by atoms with Crippen LogP contribution in [0.1, 0.15) is 35.2 Å². The fourth-order valence-corrected chi connectivity index (χ4v) is 3.61. The van der Waals surface area contributed by atoms with Gasteiger partial charge in [-0.1, -0.05) is 6.07 Å². The van der Waals surface area contributed by atoms with E-state index in [1.807, 2.05) is 17.0 Å². The second-order valence-corrected chi connectivity index (χ2v) is 6.42. The Balaban J connectivity index is 1.50. The summed E-state index contributed by atoms with van der Waals surface area (Å²) in [6.45, 7) is 4.87.